The molecule has 0 atom stereocenters. The van der Waals surface area contributed by atoms with E-state index in [0.29, 0.717) is 27.0 Å². The Morgan fingerprint density at radius 1 is 1.09 bits per heavy atom. The molecule has 0 saturated carbocycles. The van der Waals surface area contributed by atoms with Crippen LogP contribution in [0.5, 0.6) is 0 Å². The summed E-state index contributed by atoms with van der Waals surface area (Å²) < 4.78 is 5.17. The maximum Gasteiger partial charge on any atom is 0.336 e. The van der Waals surface area contributed by atoms with Gasteiger partial charge in [-0.2, -0.15) is 4.98 Å². The molecule has 0 unspecified atom stereocenters. The highest BCUT2D eigenvalue weighted by atomic mass is 35.5. The predicted molar refractivity (Wildman–Crippen MR) is 82.1 cm³/mol. The molecule has 0 fully saturated rings. The van der Waals surface area contributed by atoms with Gasteiger partial charge in [0.15, 0.2) is 0 Å². The highest BCUT2D eigenvalue weighted by molar-refractivity contribution is 6.42. The summed E-state index contributed by atoms with van der Waals surface area (Å²) in [6.07, 6.45) is 0. The van der Waals surface area contributed by atoms with Gasteiger partial charge in [0.2, 0.25) is 5.82 Å². The standard InChI is InChI=1S/C15H8Cl2N2O3/c16-11-6-5-8(7-12(11)17)13-18-14(22-19-13)9-3-1-2-4-10(9)15(20)21/h1-7H,(H,20,21). The smallest absolute Gasteiger partial charge is 0.336 e. The van der Waals surface area contributed by atoms with Gasteiger partial charge in [0.05, 0.1) is 21.2 Å². The number of rotatable bonds is 3. The summed E-state index contributed by atoms with van der Waals surface area (Å²) >= 11 is 11.8. The second-order valence-corrected chi connectivity index (χ2v) is 5.22. The van der Waals surface area contributed by atoms with E-state index in [1.165, 1.54) is 6.07 Å². The zero-order valence-electron chi connectivity index (χ0n) is 11.0. The van der Waals surface area contributed by atoms with Crippen molar-refractivity contribution in [2.75, 3.05) is 0 Å². The van der Waals surface area contributed by atoms with Gasteiger partial charge in [-0.15, -0.1) is 0 Å². The maximum absolute atomic E-state index is 11.2. The third kappa shape index (κ3) is 2.68. The largest absolute Gasteiger partial charge is 0.478 e. The number of hydrogen-bond donors (Lipinski definition) is 1. The first-order chi connectivity index (χ1) is 10.6. The molecular formula is C15H8Cl2N2O3. The third-order valence-corrected chi connectivity index (χ3v) is 3.73. The normalized spacial score (nSPS) is 10.6. The SMILES string of the molecule is O=C(O)c1ccccc1-c1nc(-c2ccc(Cl)c(Cl)c2)no1. The van der Waals surface area contributed by atoms with Crippen LogP contribution in [-0.2, 0) is 0 Å². The van der Waals surface area contributed by atoms with Crippen LogP contribution in [0.25, 0.3) is 22.8 Å². The molecule has 3 rings (SSSR count). The van der Waals surface area contributed by atoms with Crippen molar-refractivity contribution >= 4 is 29.2 Å². The lowest BCUT2D eigenvalue weighted by Gasteiger charge is -1.99. The number of carboxylic acids is 1. The summed E-state index contributed by atoms with van der Waals surface area (Å²) in [6.45, 7) is 0. The minimum atomic E-state index is -1.06. The summed E-state index contributed by atoms with van der Waals surface area (Å²) in [6, 6.07) is 11.3. The summed E-state index contributed by atoms with van der Waals surface area (Å²) in [7, 11) is 0. The van der Waals surface area contributed by atoms with E-state index in [9.17, 15) is 9.90 Å². The molecule has 0 aliphatic heterocycles. The molecule has 0 amide bonds. The monoisotopic (exact) mass is 334 g/mol. The van der Waals surface area contributed by atoms with Crippen LogP contribution in [-0.4, -0.2) is 21.2 Å². The first-order valence-corrected chi connectivity index (χ1v) is 6.93. The van der Waals surface area contributed by atoms with Crippen LogP contribution in [0.3, 0.4) is 0 Å². The third-order valence-electron chi connectivity index (χ3n) is 2.99. The van der Waals surface area contributed by atoms with Crippen LogP contribution in [0.4, 0.5) is 0 Å². The fourth-order valence-electron chi connectivity index (χ4n) is 1.94. The number of hydrogen-bond acceptors (Lipinski definition) is 4. The fraction of sp³-hybridized carbons (Fsp3) is 0. The molecule has 0 aliphatic carbocycles. The molecule has 0 aliphatic rings. The first kappa shape index (κ1) is 14.6. The summed E-state index contributed by atoms with van der Waals surface area (Å²) in [5.74, 6) is -0.641. The minimum absolute atomic E-state index is 0.0897. The molecule has 1 heterocycles. The molecule has 3 aromatic rings. The second kappa shape index (κ2) is 5.79. The molecule has 2 aromatic carbocycles. The van der Waals surface area contributed by atoms with Crippen molar-refractivity contribution in [1.82, 2.24) is 10.1 Å². The van der Waals surface area contributed by atoms with Crippen LogP contribution >= 0.6 is 23.2 Å². The average Bonchev–Trinajstić information content (AvgIpc) is 3.00. The number of benzene rings is 2. The van der Waals surface area contributed by atoms with Gasteiger partial charge in [0, 0.05) is 5.56 Å². The average molecular weight is 335 g/mol. The number of carbonyl (C=O) groups is 1. The zero-order valence-corrected chi connectivity index (χ0v) is 12.5. The molecule has 0 radical (unpaired) electrons. The molecule has 22 heavy (non-hydrogen) atoms. The van der Waals surface area contributed by atoms with E-state index >= 15 is 0 Å². The van der Waals surface area contributed by atoms with Crippen LogP contribution in [0.2, 0.25) is 10.0 Å². The van der Waals surface area contributed by atoms with Crippen LogP contribution < -0.4 is 0 Å². The van der Waals surface area contributed by atoms with Crippen LogP contribution in [0.1, 0.15) is 10.4 Å². The Balaban J connectivity index is 2.04. The Hall–Kier alpha value is -2.37. The van der Waals surface area contributed by atoms with Crippen molar-refractivity contribution in [3.05, 3.63) is 58.1 Å². The van der Waals surface area contributed by atoms with Gasteiger partial charge in [-0.05, 0) is 30.3 Å². The summed E-state index contributed by atoms with van der Waals surface area (Å²) in [5.41, 5.74) is 1.07. The molecule has 110 valence electrons. The van der Waals surface area contributed by atoms with Gasteiger partial charge >= 0.3 is 5.97 Å². The van der Waals surface area contributed by atoms with Gasteiger partial charge in [-0.3, -0.25) is 0 Å². The van der Waals surface area contributed by atoms with Gasteiger partial charge in [0.1, 0.15) is 0 Å². The molecule has 1 N–H and O–H groups in total. The Kier molecular flexibility index (Phi) is 3.83. The number of aromatic carboxylic acids is 1. The Labute approximate surface area is 135 Å². The number of aromatic nitrogens is 2. The molecule has 5 nitrogen and oxygen atoms in total. The van der Waals surface area contributed by atoms with E-state index < -0.39 is 5.97 Å². The van der Waals surface area contributed by atoms with E-state index in [1.807, 2.05) is 0 Å². The van der Waals surface area contributed by atoms with E-state index in [4.69, 9.17) is 27.7 Å². The number of nitrogens with zero attached hydrogens (tertiary/aromatic N) is 2. The van der Waals surface area contributed by atoms with Gasteiger partial charge < -0.3 is 9.63 Å². The van der Waals surface area contributed by atoms with Crippen LogP contribution in [0.15, 0.2) is 47.0 Å². The van der Waals surface area contributed by atoms with Crippen molar-refractivity contribution in [2.45, 2.75) is 0 Å². The lowest BCUT2D eigenvalue weighted by molar-refractivity contribution is 0.0697. The Morgan fingerprint density at radius 2 is 1.86 bits per heavy atom. The van der Waals surface area contributed by atoms with Gasteiger partial charge in [-0.25, -0.2) is 4.79 Å². The topological polar surface area (TPSA) is 76.2 Å². The molecule has 0 saturated heterocycles. The highest BCUT2D eigenvalue weighted by Gasteiger charge is 2.17. The van der Waals surface area contributed by atoms with E-state index in [1.54, 1.807) is 36.4 Å². The first-order valence-electron chi connectivity index (χ1n) is 6.18. The molecule has 0 bridgehead atoms. The molecular weight excluding hydrogens is 327 g/mol. The number of halogens is 2. The highest BCUT2D eigenvalue weighted by Crippen LogP contribution is 2.29. The van der Waals surface area contributed by atoms with E-state index in [0.717, 1.165) is 0 Å². The van der Waals surface area contributed by atoms with Crippen LogP contribution in [0, 0.1) is 0 Å². The lowest BCUT2D eigenvalue weighted by Crippen LogP contribution is -1.99. The van der Waals surface area contributed by atoms with Crippen molar-refractivity contribution in [2.24, 2.45) is 0 Å². The lowest BCUT2D eigenvalue weighted by atomic mass is 10.1. The van der Waals surface area contributed by atoms with E-state index in [-0.39, 0.29) is 11.5 Å². The Bertz CT molecular complexity index is 861. The van der Waals surface area contributed by atoms with Crippen molar-refractivity contribution in [3.63, 3.8) is 0 Å². The van der Waals surface area contributed by atoms with Gasteiger partial charge in [-0.1, -0.05) is 40.5 Å². The van der Waals surface area contributed by atoms with Crippen molar-refractivity contribution in [3.8, 4) is 22.8 Å². The summed E-state index contributed by atoms with van der Waals surface area (Å²) in [4.78, 5) is 15.5. The van der Waals surface area contributed by atoms with Crippen molar-refractivity contribution in [1.29, 1.82) is 0 Å². The minimum Gasteiger partial charge on any atom is -0.478 e. The fourth-order valence-corrected chi connectivity index (χ4v) is 2.24. The van der Waals surface area contributed by atoms with Gasteiger partial charge in [0.25, 0.3) is 5.89 Å². The molecule has 0 spiro atoms. The number of carboxylic acid groups (broad SMARTS) is 1. The maximum atomic E-state index is 11.2. The van der Waals surface area contributed by atoms with Crippen molar-refractivity contribution < 1.29 is 14.4 Å². The summed E-state index contributed by atoms with van der Waals surface area (Å²) in [5, 5.41) is 13.8. The molecule has 1 aromatic heterocycles. The second-order valence-electron chi connectivity index (χ2n) is 4.40. The molecule has 7 heteroatoms. The Morgan fingerprint density at radius 3 is 2.59 bits per heavy atom. The zero-order chi connectivity index (χ0) is 15.7. The van der Waals surface area contributed by atoms with E-state index in [2.05, 4.69) is 10.1 Å². The quantitative estimate of drug-likeness (QED) is 0.767. The predicted octanol–water partition coefficient (Wildman–Crippen LogP) is 4.41.